The molecule has 5 rings (SSSR count). The van der Waals surface area contributed by atoms with E-state index in [1.807, 2.05) is 4.90 Å². The molecule has 170 valence electrons. The summed E-state index contributed by atoms with van der Waals surface area (Å²) in [5.74, 6) is -0.412. The number of H-pyrrole nitrogens is 1. The van der Waals surface area contributed by atoms with Gasteiger partial charge in [0.2, 0.25) is 11.8 Å². The van der Waals surface area contributed by atoms with E-state index in [-0.39, 0.29) is 40.8 Å². The third-order valence-corrected chi connectivity index (χ3v) is 6.87. The Morgan fingerprint density at radius 1 is 1.31 bits per heavy atom. The van der Waals surface area contributed by atoms with Gasteiger partial charge in [0.1, 0.15) is 5.69 Å². The summed E-state index contributed by atoms with van der Waals surface area (Å²) in [5, 5.41) is 13.3. The topological polar surface area (TPSA) is 112 Å². The highest BCUT2D eigenvalue weighted by molar-refractivity contribution is 5.94. The summed E-state index contributed by atoms with van der Waals surface area (Å²) in [7, 11) is 1.45. The maximum Gasteiger partial charge on any atom is 0.272 e. The van der Waals surface area contributed by atoms with Gasteiger partial charge in [-0.2, -0.15) is 5.10 Å². The number of carbonyl (C=O) groups excluding carboxylic acids is 2. The Morgan fingerprint density at radius 2 is 2.16 bits per heavy atom. The van der Waals surface area contributed by atoms with Gasteiger partial charge in [0.15, 0.2) is 5.82 Å². The number of hydrogen-bond acceptors (Lipinski definition) is 6. The second-order valence-electron chi connectivity index (χ2n) is 8.94. The zero-order chi connectivity index (χ0) is 22.3. The van der Waals surface area contributed by atoms with Crippen LogP contribution in [0.5, 0.6) is 5.88 Å². The van der Waals surface area contributed by atoms with Crippen molar-refractivity contribution < 1.29 is 18.7 Å². The van der Waals surface area contributed by atoms with Crippen molar-refractivity contribution >= 4 is 11.8 Å². The zero-order valence-corrected chi connectivity index (χ0v) is 18.0. The van der Waals surface area contributed by atoms with Gasteiger partial charge in [0.05, 0.1) is 19.0 Å². The third-order valence-electron chi connectivity index (χ3n) is 6.87. The smallest absolute Gasteiger partial charge is 0.272 e. The number of halogens is 1. The summed E-state index contributed by atoms with van der Waals surface area (Å²) in [6, 6.07) is 3.21. The van der Waals surface area contributed by atoms with Gasteiger partial charge < -0.3 is 20.3 Å². The van der Waals surface area contributed by atoms with Gasteiger partial charge in [-0.05, 0) is 44.7 Å². The molecule has 10 heteroatoms. The van der Waals surface area contributed by atoms with Gasteiger partial charge in [-0.3, -0.25) is 14.7 Å². The molecule has 3 fully saturated rings. The second kappa shape index (κ2) is 8.16. The summed E-state index contributed by atoms with van der Waals surface area (Å²) in [6.45, 7) is 2.27. The highest BCUT2D eigenvalue weighted by atomic mass is 19.1. The van der Waals surface area contributed by atoms with Crippen molar-refractivity contribution in [2.24, 2.45) is 5.92 Å². The Morgan fingerprint density at radius 3 is 2.88 bits per heavy atom. The summed E-state index contributed by atoms with van der Waals surface area (Å²) in [6.07, 6.45) is 5.13. The van der Waals surface area contributed by atoms with Crippen molar-refractivity contribution in [2.75, 3.05) is 26.7 Å². The van der Waals surface area contributed by atoms with Crippen LogP contribution in [-0.4, -0.2) is 70.2 Å². The van der Waals surface area contributed by atoms with E-state index in [2.05, 4.69) is 25.8 Å². The monoisotopic (exact) mass is 442 g/mol. The molecule has 2 aromatic rings. The molecule has 0 aromatic carbocycles. The Bertz CT molecular complexity index is 1030. The molecule has 1 aliphatic carbocycles. The molecular weight excluding hydrogens is 415 g/mol. The largest absolute Gasteiger partial charge is 0.481 e. The van der Waals surface area contributed by atoms with Crippen LogP contribution < -0.4 is 15.4 Å². The number of aromatic nitrogens is 3. The fourth-order valence-electron chi connectivity index (χ4n) is 4.89. The number of nitrogens with zero attached hydrogens (tertiary/aromatic N) is 3. The number of likely N-dealkylation sites (tertiary alicyclic amines) is 1. The molecule has 9 nitrogen and oxygen atoms in total. The van der Waals surface area contributed by atoms with Gasteiger partial charge in [0, 0.05) is 42.2 Å². The molecule has 0 radical (unpaired) electrons. The number of amides is 2. The summed E-state index contributed by atoms with van der Waals surface area (Å²) in [4.78, 5) is 31.7. The zero-order valence-electron chi connectivity index (χ0n) is 18.0. The minimum Gasteiger partial charge on any atom is -0.481 e. The third kappa shape index (κ3) is 3.83. The molecule has 2 aliphatic heterocycles. The lowest BCUT2D eigenvalue weighted by Gasteiger charge is -2.39. The number of carbonyl (C=O) groups is 2. The number of hydrogen-bond donors (Lipinski definition) is 3. The van der Waals surface area contributed by atoms with Crippen LogP contribution >= 0.6 is 0 Å². The first-order valence-corrected chi connectivity index (χ1v) is 11.1. The maximum absolute atomic E-state index is 14.2. The van der Waals surface area contributed by atoms with Crippen molar-refractivity contribution in [3.05, 3.63) is 29.8 Å². The Labute approximate surface area is 185 Å². The second-order valence-corrected chi connectivity index (χ2v) is 8.94. The van der Waals surface area contributed by atoms with E-state index >= 15 is 0 Å². The predicted octanol–water partition coefficient (Wildman–Crippen LogP) is 1.48. The molecule has 2 atom stereocenters. The van der Waals surface area contributed by atoms with Gasteiger partial charge in [-0.15, -0.1) is 0 Å². The fourth-order valence-corrected chi connectivity index (χ4v) is 4.89. The van der Waals surface area contributed by atoms with Crippen LogP contribution in [0.1, 0.15) is 42.6 Å². The van der Waals surface area contributed by atoms with Crippen molar-refractivity contribution in [1.29, 1.82) is 0 Å². The minimum atomic E-state index is -0.542. The molecule has 2 aromatic heterocycles. The van der Waals surface area contributed by atoms with E-state index in [1.165, 1.54) is 13.2 Å². The van der Waals surface area contributed by atoms with Crippen molar-refractivity contribution in [3.63, 3.8) is 0 Å². The molecule has 4 heterocycles. The quantitative estimate of drug-likeness (QED) is 0.647. The molecular formula is C22H27FN6O3. The number of pyridine rings is 1. The van der Waals surface area contributed by atoms with Crippen LogP contribution in [0.2, 0.25) is 0 Å². The van der Waals surface area contributed by atoms with Gasteiger partial charge in [0.25, 0.3) is 5.91 Å². The van der Waals surface area contributed by atoms with Crippen LogP contribution in [0.3, 0.4) is 0 Å². The first-order valence-electron chi connectivity index (χ1n) is 11.1. The fraction of sp³-hybridized carbons (Fsp3) is 0.545. The standard InChI is InChI=1S/C22H27FN6O3/c1-32-19-8-15(16(23)12-25-19)17-9-18(28-27-17)21(31)29-7-3-13(10-22(29)4-5-22)20(30)26-14-2-6-24-11-14/h8-9,12-14,24H,2-7,10-11H2,1H3,(H,26,30)(H,27,28)/t13?,14-/m1/s1. The lowest BCUT2D eigenvalue weighted by atomic mass is 9.87. The lowest BCUT2D eigenvalue weighted by molar-refractivity contribution is -0.127. The number of ether oxygens (including phenoxy) is 1. The van der Waals surface area contributed by atoms with Crippen molar-refractivity contribution in [1.82, 2.24) is 30.7 Å². The normalized spacial score (nSPS) is 23.9. The Hall–Kier alpha value is -3.01. The summed E-state index contributed by atoms with van der Waals surface area (Å²) < 4.78 is 19.3. The Balaban J connectivity index is 1.28. The molecule has 1 spiro atoms. The van der Waals surface area contributed by atoms with E-state index in [0.717, 1.165) is 38.5 Å². The van der Waals surface area contributed by atoms with Gasteiger partial charge >= 0.3 is 0 Å². The van der Waals surface area contributed by atoms with Gasteiger partial charge in [-0.1, -0.05) is 0 Å². The Kier molecular flexibility index (Phi) is 5.32. The SMILES string of the molecule is COc1cc(-c2cc(C(=O)N3CCC(C(=O)N[C@@H]4CCNC4)CC34CC4)[nH]n2)c(F)cn1. The molecule has 3 N–H and O–H groups in total. The number of nitrogens with one attached hydrogen (secondary N) is 3. The molecule has 2 saturated heterocycles. The summed E-state index contributed by atoms with van der Waals surface area (Å²) >= 11 is 0. The average molecular weight is 442 g/mol. The molecule has 3 aliphatic rings. The van der Waals surface area contributed by atoms with Crippen molar-refractivity contribution in [3.8, 4) is 17.1 Å². The van der Waals surface area contributed by atoms with E-state index in [0.29, 0.717) is 30.8 Å². The summed E-state index contributed by atoms with van der Waals surface area (Å²) in [5.41, 5.74) is 0.573. The van der Waals surface area contributed by atoms with Crippen LogP contribution in [0.15, 0.2) is 18.3 Å². The molecule has 1 saturated carbocycles. The number of methoxy groups -OCH3 is 1. The highest BCUT2D eigenvalue weighted by Crippen LogP contribution is 2.50. The van der Waals surface area contributed by atoms with Gasteiger partial charge in [-0.25, -0.2) is 9.37 Å². The van der Waals surface area contributed by atoms with Crippen LogP contribution in [0.25, 0.3) is 11.3 Å². The van der Waals surface area contributed by atoms with E-state index in [4.69, 9.17) is 4.74 Å². The van der Waals surface area contributed by atoms with Crippen molar-refractivity contribution in [2.45, 2.75) is 43.7 Å². The van der Waals surface area contributed by atoms with Crippen LogP contribution in [0, 0.1) is 11.7 Å². The van der Waals surface area contributed by atoms with E-state index in [9.17, 15) is 14.0 Å². The number of piperidine rings is 1. The average Bonchev–Trinajstić information content (AvgIpc) is 3.20. The predicted molar refractivity (Wildman–Crippen MR) is 113 cm³/mol. The van der Waals surface area contributed by atoms with Crippen LogP contribution in [-0.2, 0) is 4.79 Å². The molecule has 32 heavy (non-hydrogen) atoms. The molecule has 1 unspecified atom stereocenters. The minimum absolute atomic E-state index is 0.0714. The first-order chi connectivity index (χ1) is 15.5. The first kappa shape index (κ1) is 20.9. The molecule has 2 amide bonds. The number of rotatable bonds is 5. The molecule has 0 bridgehead atoms. The lowest BCUT2D eigenvalue weighted by Crippen LogP contribution is -2.51. The highest BCUT2D eigenvalue weighted by Gasteiger charge is 2.54. The maximum atomic E-state index is 14.2. The van der Waals surface area contributed by atoms with Crippen LogP contribution in [0.4, 0.5) is 4.39 Å². The number of aromatic amines is 1. The van der Waals surface area contributed by atoms with E-state index < -0.39 is 5.82 Å². The van der Waals surface area contributed by atoms with E-state index in [1.54, 1.807) is 6.07 Å².